The van der Waals surface area contributed by atoms with Gasteiger partial charge in [-0.15, -0.1) is 0 Å². The first-order valence-corrected chi connectivity index (χ1v) is 9.92. The molecule has 0 bridgehead atoms. The average Bonchev–Trinajstić information content (AvgIpc) is 2.59. The van der Waals surface area contributed by atoms with Gasteiger partial charge < -0.3 is 19.1 Å². The molecular formula is C14H14N2Na2O9S2. The van der Waals surface area contributed by atoms with E-state index in [-0.39, 0.29) is 94.8 Å². The molecule has 1 aromatic heterocycles. The van der Waals surface area contributed by atoms with E-state index in [0.29, 0.717) is 17.6 Å². The van der Waals surface area contributed by atoms with Crippen LogP contribution in [0.4, 0.5) is 0 Å². The fourth-order valence-corrected chi connectivity index (χ4v) is 3.08. The van der Waals surface area contributed by atoms with Crippen molar-refractivity contribution < 1.29 is 95.9 Å². The second-order valence-electron chi connectivity index (χ2n) is 5.26. The minimum Gasteiger partial charge on any atom is -0.748 e. The normalized spacial score (nSPS) is 10.9. The zero-order valence-corrected chi connectivity index (χ0v) is 21.6. The van der Waals surface area contributed by atoms with Crippen LogP contribution in [0.3, 0.4) is 0 Å². The first-order valence-electron chi connectivity index (χ1n) is 7.44. The molecule has 1 amide bonds. The van der Waals surface area contributed by atoms with Gasteiger partial charge in [-0.05, 0) is 18.2 Å². The third-order valence-electron chi connectivity index (χ3n) is 3.40. The molecule has 0 saturated carbocycles. The number of benzene rings is 1. The van der Waals surface area contributed by atoms with Gasteiger partial charge in [-0.3, -0.25) is 9.83 Å². The summed E-state index contributed by atoms with van der Waals surface area (Å²) in [4.78, 5) is 29.7. The Bertz CT molecular complexity index is 985. The van der Waals surface area contributed by atoms with Crippen molar-refractivity contribution in [1.82, 2.24) is 9.88 Å². The van der Waals surface area contributed by atoms with Gasteiger partial charge in [0.05, 0.1) is 26.8 Å². The molecule has 0 saturated heterocycles. The summed E-state index contributed by atoms with van der Waals surface area (Å²) < 4.78 is 41.6. The zero-order valence-electron chi connectivity index (χ0n) is 15.9. The molecule has 0 unspecified atom stereocenters. The predicted octanol–water partition coefficient (Wildman–Crippen LogP) is -6.64. The largest absolute Gasteiger partial charge is 1.00 e. The van der Waals surface area contributed by atoms with E-state index in [1.165, 1.54) is 25.1 Å². The summed E-state index contributed by atoms with van der Waals surface area (Å²) in [5.74, 6) is -1.17. The second kappa shape index (κ2) is 13.4. The number of amides is 1. The summed E-state index contributed by atoms with van der Waals surface area (Å²) in [7, 11) is -4.55. The van der Waals surface area contributed by atoms with Crippen LogP contribution in [0.1, 0.15) is 16.2 Å². The summed E-state index contributed by atoms with van der Waals surface area (Å²) in [6.07, 6.45) is 0. The molecule has 11 nitrogen and oxygen atoms in total. The molecule has 0 aliphatic carbocycles. The fourth-order valence-electron chi connectivity index (χ4n) is 2.23. The smallest absolute Gasteiger partial charge is 0.748 e. The van der Waals surface area contributed by atoms with Crippen LogP contribution < -0.4 is 70.0 Å². The maximum Gasteiger partial charge on any atom is 1.00 e. The molecule has 0 fully saturated rings. The Kier molecular flexibility index (Phi) is 13.4. The number of rotatable bonds is 9. The van der Waals surface area contributed by atoms with Crippen molar-refractivity contribution >= 4 is 39.0 Å². The van der Waals surface area contributed by atoms with Crippen LogP contribution in [-0.2, 0) is 19.5 Å². The number of hydrogen-bond donors (Lipinski definition) is 0. The number of fused-ring (bicyclic) bond motifs is 1. The molecule has 0 spiro atoms. The Morgan fingerprint density at radius 3 is 2.62 bits per heavy atom. The molecule has 15 heteroatoms. The van der Waals surface area contributed by atoms with E-state index in [9.17, 15) is 27.8 Å². The van der Waals surface area contributed by atoms with Crippen molar-refractivity contribution in [2.75, 3.05) is 24.6 Å². The number of aromatic nitrogens is 1. The van der Waals surface area contributed by atoms with Crippen molar-refractivity contribution in [3.8, 4) is 0 Å². The molecule has 0 aliphatic heterocycles. The van der Waals surface area contributed by atoms with E-state index < -0.39 is 27.4 Å². The summed E-state index contributed by atoms with van der Waals surface area (Å²) in [6.45, 7) is 1.10. The molecule has 1 heterocycles. The Hall–Kier alpha value is -0.0300. The second-order valence-corrected chi connectivity index (χ2v) is 7.57. The third-order valence-corrected chi connectivity index (χ3v) is 4.58. The fraction of sp³-hybridized carbons (Fsp3) is 0.357. The molecule has 0 atom stereocenters. The molecule has 0 radical (unpaired) electrons. The predicted molar refractivity (Wildman–Crippen MR) is 90.1 cm³/mol. The molecule has 1 aromatic carbocycles. The summed E-state index contributed by atoms with van der Waals surface area (Å²) >= 11 is 0.603. The number of carbonyl (C=O) groups excluding carboxylic acids is 1. The van der Waals surface area contributed by atoms with E-state index >= 15 is 0 Å². The molecule has 2 aromatic rings. The molecule has 0 aliphatic rings. The van der Waals surface area contributed by atoms with Gasteiger partial charge in [-0.2, -0.15) is 4.33 Å². The topological polar surface area (TPSA) is 162 Å². The Morgan fingerprint density at radius 2 is 2.00 bits per heavy atom. The molecule has 2 rings (SSSR count). The minimum atomic E-state index is -4.55. The summed E-state index contributed by atoms with van der Waals surface area (Å²) in [5, 5.41) is 13.0. The summed E-state index contributed by atoms with van der Waals surface area (Å²) in [5.41, 5.74) is -0.252. The van der Waals surface area contributed by atoms with Crippen LogP contribution in [0, 0.1) is 6.92 Å². The van der Waals surface area contributed by atoms with Crippen LogP contribution in [0.2, 0.25) is 0 Å². The first kappa shape index (κ1) is 29.0. The SMILES string of the molecule is Cc1nc2ccc(C(=O)N(CCSOO[O-])CCS(=O)(=O)[O-])cc2c(=O)o1.[Na+].[Na+]. The average molecular weight is 464 g/mol. The van der Waals surface area contributed by atoms with E-state index in [1.807, 2.05) is 0 Å². The van der Waals surface area contributed by atoms with Crippen LogP contribution in [0.25, 0.3) is 10.9 Å². The van der Waals surface area contributed by atoms with Crippen molar-refractivity contribution in [2.24, 2.45) is 0 Å². The van der Waals surface area contributed by atoms with Crippen molar-refractivity contribution in [2.45, 2.75) is 6.92 Å². The van der Waals surface area contributed by atoms with Crippen molar-refractivity contribution in [3.05, 3.63) is 40.1 Å². The Morgan fingerprint density at radius 1 is 1.31 bits per heavy atom. The van der Waals surface area contributed by atoms with E-state index in [2.05, 4.69) is 14.4 Å². The Labute approximate surface area is 214 Å². The maximum absolute atomic E-state index is 12.7. The number of hydrogen-bond acceptors (Lipinski definition) is 11. The van der Waals surface area contributed by atoms with E-state index in [4.69, 9.17) is 4.42 Å². The number of nitrogens with zero attached hydrogens (tertiary/aromatic N) is 2. The monoisotopic (exact) mass is 464 g/mol. The molecule has 29 heavy (non-hydrogen) atoms. The quantitative estimate of drug-likeness (QED) is 0.0866. The minimum absolute atomic E-state index is 0. The van der Waals surface area contributed by atoms with Crippen LogP contribution in [0.15, 0.2) is 27.4 Å². The third kappa shape index (κ3) is 9.33. The number of carbonyl (C=O) groups is 1. The van der Waals surface area contributed by atoms with Crippen LogP contribution in [0.5, 0.6) is 0 Å². The first-order chi connectivity index (χ1) is 12.7. The van der Waals surface area contributed by atoms with E-state index in [1.54, 1.807) is 0 Å². The maximum atomic E-state index is 12.7. The van der Waals surface area contributed by atoms with Crippen molar-refractivity contribution in [3.63, 3.8) is 0 Å². The Balaban J connectivity index is 0.00000392. The molecular weight excluding hydrogens is 450 g/mol. The van der Waals surface area contributed by atoms with Gasteiger partial charge in [0, 0.05) is 43.4 Å². The van der Waals surface area contributed by atoms with Gasteiger partial charge in [0.1, 0.15) is 0 Å². The van der Waals surface area contributed by atoms with Gasteiger partial charge in [-0.1, -0.05) is 0 Å². The van der Waals surface area contributed by atoms with Crippen LogP contribution >= 0.6 is 12.0 Å². The van der Waals surface area contributed by atoms with Crippen molar-refractivity contribution in [1.29, 1.82) is 0 Å². The van der Waals surface area contributed by atoms with E-state index in [0.717, 1.165) is 4.90 Å². The zero-order chi connectivity index (χ0) is 20.0. The van der Waals surface area contributed by atoms with Gasteiger partial charge in [0.2, 0.25) is 0 Å². The van der Waals surface area contributed by atoms with Crippen LogP contribution in [-0.4, -0.2) is 53.4 Å². The molecule has 0 N–H and O–H groups in total. The van der Waals surface area contributed by atoms with Gasteiger partial charge >= 0.3 is 64.7 Å². The number of aryl methyl sites for hydroxylation is 1. The van der Waals surface area contributed by atoms with Gasteiger partial charge in [0.15, 0.2) is 5.89 Å². The summed E-state index contributed by atoms with van der Waals surface area (Å²) in [6, 6.07) is 4.15. The van der Waals surface area contributed by atoms with Gasteiger partial charge in [-0.25, -0.2) is 18.2 Å². The van der Waals surface area contributed by atoms with Gasteiger partial charge in [0.25, 0.3) is 5.91 Å². The standard InChI is InChI=1S/C14H16N2O9S2.2Na/c1-9-15-12-3-2-10(8-11(12)14(18)23-9)13(17)16(4-6-26-25-24-19)5-7-27(20,21)22;;/h2-3,8,19H,4-7H2,1H3,(H,20,21,22);;/q;2*+1/p-2. The molecule has 148 valence electrons.